The van der Waals surface area contributed by atoms with Gasteiger partial charge >= 0.3 is 5.97 Å². The Morgan fingerprint density at radius 1 is 0.964 bits per heavy atom. The number of rotatable bonds is 6. The second-order valence-corrected chi connectivity index (χ2v) is 6.54. The molecule has 144 valence electrons. The summed E-state index contributed by atoms with van der Waals surface area (Å²) in [5.41, 5.74) is 1.46. The zero-order chi connectivity index (χ0) is 20.3. The van der Waals surface area contributed by atoms with Crippen LogP contribution in [-0.4, -0.2) is 53.2 Å². The van der Waals surface area contributed by atoms with E-state index < -0.39 is 30.4 Å². The van der Waals surface area contributed by atoms with E-state index >= 15 is 0 Å². The van der Waals surface area contributed by atoms with Crippen LogP contribution in [0.4, 0.5) is 0 Å². The van der Waals surface area contributed by atoms with Gasteiger partial charge in [0.05, 0.1) is 11.1 Å². The standard InChI is InChI=1S/C21H20N2O5/c1-14(23-19(25)16-10-6-7-11-17(16)20(23)26)21(27)28-13-18(24)22(2)12-15-8-4-3-5-9-15/h3-11,14H,12-13H2,1-2H3/t14-/m0/s1. The summed E-state index contributed by atoms with van der Waals surface area (Å²) in [7, 11) is 1.61. The van der Waals surface area contributed by atoms with Gasteiger partial charge in [0.25, 0.3) is 17.7 Å². The van der Waals surface area contributed by atoms with Gasteiger partial charge in [0.2, 0.25) is 0 Å². The number of nitrogens with zero attached hydrogens (tertiary/aromatic N) is 2. The van der Waals surface area contributed by atoms with Crippen LogP contribution in [0.15, 0.2) is 54.6 Å². The van der Waals surface area contributed by atoms with E-state index in [1.165, 1.54) is 24.0 Å². The van der Waals surface area contributed by atoms with Crippen LogP contribution in [0.3, 0.4) is 0 Å². The fourth-order valence-corrected chi connectivity index (χ4v) is 2.97. The quantitative estimate of drug-likeness (QED) is 0.564. The van der Waals surface area contributed by atoms with Crippen LogP contribution in [0.5, 0.6) is 0 Å². The summed E-state index contributed by atoms with van der Waals surface area (Å²) in [6.45, 7) is 1.32. The van der Waals surface area contributed by atoms with Crippen molar-refractivity contribution in [1.29, 1.82) is 0 Å². The van der Waals surface area contributed by atoms with Gasteiger partial charge in [0, 0.05) is 13.6 Å². The number of amides is 3. The number of ether oxygens (including phenoxy) is 1. The maximum atomic E-state index is 12.4. The molecule has 0 N–H and O–H groups in total. The predicted molar refractivity (Wildman–Crippen MR) is 100 cm³/mol. The number of benzene rings is 2. The van der Waals surface area contributed by atoms with Crippen LogP contribution in [0, 0.1) is 0 Å². The van der Waals surface area contributed by atoms with Gasteiger partial charge in [-0.15, -0.1) is 0 Å². The minimum Gasteiger partial charge on any atom is -0.454 e. The van der Waals surface area contributed by atoms with Crippen LogP contribution in [0.25, 0.3) is 0 Å². The molecule has 1 aliphatic rings. The number of hydrogen-bond acceptors (Lipinski definition) is 5. The van der Waals surface area contributed by atoms with Crippen molar-refractivity contribution in [3.63, 3.8) is 0 Å². The largest absolute Gasteiger partial charge is 0.454 e. The molecule has 3 rings (SSSR count). The summed E-state index contributed by atoms with van der Waals surface area (Å²) < 4.78 is 5.06. The Labute approximate surface area is 162 Å². The highest BCUT2D eigenvalue weighted by atomic mass is 16.5. The smallest absolute Gasteiger partial charge is 0.329 e. The van der Waals surface area contributed by atoms with Crippen LogP contribution in [0.1, 0.15) is 33.2 Å². The van der Waals surface area contributed by atoms with Crippen LogP contribution >= 0.6 is 0 Å². The first-order valence-corrected chi connectivity index (χ1v) is 8.81. The lowest BCUT2D eigenvalue weighted by molar-refractivity contribution is -0.154. The molecule has 0 bridgehead atoms. The molecule has 28 heavy (non-hydrogen) atoms. The first-order valence-electron chi connectivity index (χ1n) is 8.81. The number of fused-ring (bicyclic) bond motifs is 1. The molecule has 1 heterocycles. The molecule has 0 aromatic heterocycles. The fourth-order valence-electron chi connectivity index (χ4n) is 2.97. The van der Waals surface area contributed by atoms with Crippen molar-refractivity contribution in [2.75, 3.05) is 13.7 Å². The van der Waals surface area contributed by atoms with Crippen molar-refractivity contribution in [1.82, 2.24) is 9.80 Å². The Kier molecular flexibility index (Phi) is 5.54. The van der Waals surface area contributed by atoms with Crippen molar-refractivity contribution in [2.24, 2.45) is 0 Å². The molecule has 0 aliphatic carbocycles. The molecular formula is C21H20N2O5. The predicted octanol–water partition coefficient (Wildman–Crippen LogP) is 1.87. The zero-order valence-corrected chi connectivity index (χ0v) is 15.6. The number of hydrogen-bond donors (Lipinski definition) is 0. The summed E-state index contributed by atoms with van der Waals surface area (Å²) >= 11 is 0. The average molecular weight is 380 g/mol. The number of carbonyl (C=O) groups excluding carboxylic acids is 4. The van der Waals surface area contributed by atoms with Gasteiger partial charge in [-0.1, -0.05) is 42.5 Å². The van der Waals surface area contributed by atoms with Gasteiger partial charge < -0.3 is 9.64 Å². The lowest BCUT2D eigenvalue weighted by Gasteiger charge is -2.22. The zero-order valence-electron chi connectivity index (χ0n) is 15.6. The second-order valence-electron chi connectivity index (χ2n) is 6.54. The van der Waals surface area contributed by atoms with E-state index in [-0.39, 0.29) is 17.0 Å². The first kappa shape index (κ1) is 19.3. The summed E-state index contributed by atoms with van der Waals surface area (Å²) in [6, 6.07) is 14.7. The van der Waals surface area contributed by atoms with Gasteiger partial charge in [-0.2, -0.15) is 0 Å². The molecule has 0 saturated heterocycles. The molecule has 2 aromatic rings. The molecule has 1 atom stereocenters. The molecule has 0 fully saturated rings. The summed E-state index contributed by atoms with van der Waals surface area (Å²) in [5.74, 6) is -2.28. The minimum absolute atomic E-state index is 0.255. The molecule has 0 saturated carbocycles. The number of esters is 1. The molecule has 0 radical (unpaired) electrons. The SMILES string of the molecule is C[C@@H](C(=O)OCC(=O)N(C)Cc1ccccc1)N1C(=O)c2ccccc2C1=O. The molecule has 0 unspecified atom stereocenters. The fraction of sp³-hybridized carbons (Fsp3) is 0.238. The molecule has 7 heteroatoms. The Balaban J connectivity index is 1.57. The van der Waals surface area contributed by atoms with Gasteiger partial charge in [-0.05, 0) is 24.6 Å². The van der Waals surface area contributed by atoms with Gasteiger partial charge in [-0.25, -0.2) is 4.79 Å². The Bertz CT molecular complexity index is 890. The number of carbonyl (C=O) groups is 4. The summed E-state index contributed by atoms with van der Waals surface area (Å²) in [6.07, 6.45) is 0. The third-order valence-corrected chi connectivity index (χ3v) is 4.58. The van der Waals surface area contributed by atoms with Crippen molar-refractivity contribution in [3.05, 3.63) is 71.3 Å². The van der Waals surface area contributed by atoms with Crippen molar-refractivity contribution >= 4 is 23.7 Å². The monoisotopic (exact) mass is 380 g/mol. The third kappa shape index (κ3) is 3.78. The second kappa shape index (κ2) is 8.04. The number of likely N-dealkylation sites (N-methyl/N-ethyl adjacent to an activating group) is 1. The molecule has 3 amide bonds. The normalized spacial score (nSPS) is 13.9. The van der Waals surface area contributed by atoms with E-state index in [1.54, 1.807) is 19.2 Å². The lowest BCUT2D eigenvalue weighted by atomic mass is 10.1. The van der Waals surface area contributed by atoms with Crippen molar-refractivity contribution < 1.29 is 23.9 Å². The van der Waals surface area contributed by atoms with Crippen LogP contribution in [-0.2, 0) is 20.9 Å². The molecule has 2 aromatic carbocycles. The minimum atomic E-state index is -1.13. The van der Waals surface area contributed by atoms with Crippen molar-refractivity contribution in [2.45, 2.75) is 19.5 Å². The maximum Gasteiger partial charge on any atom is 0.329 e. The van der Waals surface area contributed by atoms with E-state index in [4.69, 9.17) is 4.74 Å². The van der Waals surface area contributed by atoms with Crippen LogP contribution < -0.4 is 0 Å². The van der Waals surface area contributed by atoms with Gasteiger partial charge in [0.15, 0.2) is 6.61 Å². The highest BCUT2D eigenvalue weighted by molar-refractivity contribution is 6.22. The van der Waals surface area contributed by atoms with E-state index in [0.717, 1.165) is 10.5 Å². The Morgan fingerprint density at radius 3 is 2.07 bits per heavy atom. The highest BCUT2D eigenvalue weighted by Gasteiger charge is 2.41. The van der Waals surface area contributed by atoms with Gasteiger partial charge in [0.1, 0.15) is 6.04 Å². The van der Waals surface area contributed by atoms with E-state index in [0.29, 0.717) is 6.54 Å². The van der Waals surface area contributed by atoms with Gasteiger partial charge in [-0.3, -0.25) is 19.3 Å². The van der Waals surface area contributed by atoms with Crippen molar-refractivity contribution in [3.8, 4) is 0 Å². The van der Waals surface area contributed by atoms with Crippen LogP contribution in [0.2, 0.25) is 0 Å². The Morgan fingerprint density at radius 2 is 1.50 bits per heavy atom. The molecule has 0 spiro atoms. The summed E-state index contributed by atoms with van der Waals surface area (Å²) in [4.78, 5) is 51.7. The molecule has 1 aliphatic heterocycles. The Hall–Kier alpha value is -3.48. The molecular weight excluding hydrogens is 360 g/mol. The third-order valence-electron chi connectivity index (χ3n) is 4.58. The number of imide groups is 1. The first-order chi connectivity index (χ1) is 13.4. The maximum absolute atomic E-state index is 12.4. The topological polar surface area (TPSA) is 84.0 Å². The average Bonchev–Trinajstić information content (AvgIpc) is 2.96. The van der Waals surface area contributed by atoms with E-state index in [2.05, 4.69) is 0 Å². The van der Waals surface area contributed by atoms with E-state index in [1.807, 2.05) is 30.3 Å². The summed E-state index contributed by atoms with van der Waals surface area (Å²) in [5, 5.41) is 0. The highest BCUT2D eigenvalue weighted by Crippen LogP contribution is 2.24. The molecule has 7 nitrogen and oxygen atoms in total. The van der Waals surface area contributed by atoms with E-state index in [9.17, 15) is 19.2 Å². The lowest BCUT2D eigenvalue weighted by Crippen LogP contribution is -2.44.